The summed E-state index contributed by atoms with van der Waals surface area (Å²) in [6, 6.07) is 31.3. The molecule has 1 amide bonds. The Hall–Kier alpha value is -5.71. The highest BCUT2D eigenvalue weighted by Crippen LogP contribution is 2.48. The second-order valence-electron chi connectivity index (χ2n) is 12.0. The molecule has 0 saturated carbocycles. The zero-order valence-electron chi connectivity index (χ0n) is 26.3. The molecule has 0 aliphatic carbocycles. The largest absolute Gasteiger partial charge is 0.395 e. The van der Waals surface area contributed by atoms with Crippen LogP contribution in [0.3, 0.4) is 0 Å². The highest BCUT2D eigenvalue weighted by atomic mass is 16.3. The Labute approximate surface area is 276 Å². The summed E-state index contributed by atoms with van der Waals surface area (Å²) in [6.45, 7) is 2.24. The van der Waals surface area contributed by atoms with Crippen LogP contribution in [0.5, 0.6) is 0 Å². The van der Waals surface area contributed by atoms with E-state index in [4.69, 9.17) is 0 Å². The Morgan fingerprint density at radius 1 is 0.896 bits per heavy atom. The Kier molecular flexibility index (Phi) is 8.26. The van der Waals surface area contributed by atoms with Crippen molar-refractivity contribution in [1.82, 2.24) is 24.8 Å². The molecule has 2 N–H and O–H groups in total. The molecule has 240 valence electrons. The Morgan fingerprint density at radius 3 is 2.40 bits per heavy atom. The van der Waals surface area contributed by atoms with Crippen molar-refractivity contribution < 1.29 is 15.0 Å². The number of carbonyl (C=O) groups excluding carboxylic acids is 1. The number of aliphatic hydroxyl groups excluding tert-OH is 1. The Morgan fingerprint density at radius 2 is 1.62 bits per heavy atom. The lowest BCUT2D eigenvalue weighted by atomic mass is 9.82. The Balaban J connectivity index is 1.17. The van der Waals surface area contributed by atoms with Crippen molar-refractivity contribution in [2.75, 3.05) is 11.5 Å². The first-order valence-electron chi connectivity index (χ1n) is 15.9. The van der Waals surface area contributed by atoms with Gasteiger partial charge < -0.3 is 10.2 Å². The number of anilines is 2. The molecule has 3 atom stereocenters. The quantitative estimate of drug-likeness (QED) is 0.196. The monoisotopic (exact) mass is 638 g/mol. The molecule has 7 rings (SSSR count). The fraction of sp³-hybridized carbons (Fsp3) is 0.184. The molecule has 0 fully saturated rings. The van der Waals surface area contributed by atoms with Crippen LogP contribution in [0.25, 0.3) is 16.5 Å². The zero-order valence-corrected chi connectivity index (χ0v) is 26.3. The summed E-state index contributed by atoms with van der Waals surface area (Å²) in [4.78, 5) is 29.1. The van der Waals surface area contributed by atoms with E-state index in [-0.39, 0.29) is 18.1 Å². The molecule has 2 aromatic heterocycles. The molecule has 0 spiro atoms. The molecule has 10 nitrogen and oxygen atoms in total. The van der Waals surface area contributed by atoms with Gasteiger partial charge in [-0.2, -0.15) is 9.78 Å². The summed E-state index contributed by atoms with van der Waals surface area (Å²) in [5.74, 6) is -1.37. The number of carbonyl (C=O) groups is 1. The van der Waals surface area contributed by atoms with Crippen LogP contribution in [0.4, 0.5) is 11.4 Å². The van der Waals surface area contributed by atoms with Gasteiger partial charge in [-0.05, 0) is 48.4 Å². The fourth-order valence-corrected chi connectivity index (χ4v) is 6.38. The summed E-state index contributed by atoms with van der Waals surface area (Å²) in [7, 11) is 0. The van der Waals surface area contributed by atoms with E-state index in [1.54, 1.807) is 48.1 Å². The summed E-state index contributed by atoms with van der Waals surface area (Å²) in [5.41, 5.74) is 1.44. The van der Waals surface area contributed by atoms with Gasteiger partial charge in [-0.3, -0.25) is 19.2 Å². The van der Waals surface area contributed by atoms with E-state index in [0.717, 1.165) is 10.9 Å². The molecule has 1 aliphatic heterocycles. The van der Waals surface area contributed by atoms with Crippen molar-refractivity contribution in [1.29, 1.82) is 0 Å². The van der Waals surface area contributed by atoms with Gasteiger partial charge in [-0.25, -0.2) is 0 Å². The minimum Gasteiger partial charge on any atom is -0.395 e. The molecule has 0 radical (unpaired) electrons. The van der Waals surface area contributed by atoms with Gasteiger partial charge in [0.15, 0.2) is 5.60 Å². The summed E-state index contributed by atoms with van der Waals surface area (Å²) >= 11 is 0. The first-order chi connectivity index (χ1) is 23.4. The number of aliphatic hydroxyl groups is 2. The molecule has 6 aromatic rings. The number of allylic oxidation sites excluding steroid dienone is 1. The molecule has 10 heteroatoms. The highest BCUT2D eigenvalue weighted by molar-refractivity contribution is 6.12. The van der Waals surface area contributed by atoms with E-state index < -0.39 is 17.4 Å². The first kappa shape index (κ1) is 30.9. The molecular weight excluding hydrogens is 604 g/mol. The van der Waals surface area contributed by atoms with Gasteiger partial charge in [0.25, 0.3) is 11.5 Å². The fourth-order valence-electron chi connectivity index (χ4n) is 6.38. The van der Waals surface area contributed by atoms with Crippen LogP contribution in [-0.2, 0) is 16.9 Å². The number of aryl methyl sites for hydroxylation is 1. The standard InChI is InChI=1S/C38H34N6O4/c1-26(12-10-11-21-42-24-34(40-41-42)32(25-45)27-13-4-2-5-14-27)38(48)33-22-30(44-36(46)31-18-9-8-15-28(31)23-39-44)19-20-35(33)43(37(38)47)29-16-6-3-7-17-29/h2-10,12-20,22-24,26,32,45,48H,11,21,25H2,1H3/b12-10+/t26-,32?,38+/m0/s1. The average molecular weight is 639 g/mol. The third kappa shape index (κ3) is 5.40. The zero-order chi connectivity index (χ0) is 33.3. The third-order valence-electron chi connectivity index (χ3n) is 9.02. The second-order valence-corrected chi connectivity index (χ2v) is 12.0. The maximum absolute atomic E-state index is 14.2. The van der Waals surface area contributed by atoms with Gasteiger partial charge in [0.2, 0.25) is 0 Å². The minimum atomic E-state index is -1.91. The predicted molar refractivity (Wildman–Crippen MR) is 183 cm³/mol. The maximum Gasteiger partial charge on any atom is 0.279 e. The SMILES string of the molecule is C[C@@H](/C=C/CCn1cc(C(CO)c2ccccc2)nn1)[C@]1(O)C(=O)N(c2ccccc2)c2ccc(-n3ncc4ccccc4c3=O)cc21. The molecule has 48 heavy (non-hydrogen) atoms. The van der Waals surface area contributed by atoms with Crippen molar-refractivity contribution in [2.24, 2.45) is 5.92 Å². The van der Waals surface area contributed by atoms with Crippen molar-refractivity contribution in [3.63, 3.8) is 0 Å². The van der Waals surface area contributed by atoms with Gasteiger partial charge in [0, 0.05) is 35.3 Å². The molecule has 3 heterocycles. The number of hydrogen-bond acceptors (Lipinski definition) is 7. The van der Waals surface area contributed by atoms with Crippen molar-refractivity contribution in [2.45, 2.75) is 31.4 Å². The van der Waals surface area contributed by atoms with Crippen LogP contribution in [-0.4, -0.2) is 47.5 Å². The van der Waals surface area contributed by atoms with Crippen LogP contribution in [0.2, 0.25) is 0 Å². The number of aromatic nitrogens is 5. The lowest BCUT2D eigenvalue weighted by molar-refractivity contribution is -0.138. The van der Waals surface area contributed by atoms with Gasteiger partial charge in [0.05, 0.1) is 41.2 Å². The van der Waals surface area contributed by atoms with Crippen LogP contribution in [0.15, 0.2) is 132 Å². The van der Waals surface area contributed by atoms with Gasteiger partial charge >= 0.3 is 0 Å². The van der Waals surface area contributed by atoms with Gasteiger partial charge in [0.1, 0.15) is 0 Å². The van der Waals surface area contributed by atoms with E-state index in [9.17, 15) is 19.8 Å². The molecule has 4 aromatic carbocycles. The number of amides is 1. The highest BCUT2D eigenvalue weighted by Gasteiger charge is 2.53. The topological polar surface area (TPSA) is 126 Å². The molecule has 1 aliphatic rings. The van der Waals surface area contributed by atoms with Crippen molar-refractivity contribution in [3.05, 3.63) is 155 Å². The van der Waals surface area contributed by atoms with E-state index in [0.29, 0.717) is 46.7 Å². The van der Waals surface area contributed by atoms with E-state index >= 15 is 0 Å². The average Bonchev–Trinajstić information content (AvgIpc) is 3.68. The lowest BCUT2D eigenvalue weighted by Crippen LogP contribution is -2.42. The summed E-state index contributed by atoms with van der Waals surface area (Å²) in [6.07, 6.45) is 7.78. The van der Waals surface area contributed by atoms with Crippen LogP contribution >= 0.6 is 0 Å². The molecular formula is C38H34N6O4. The van der Waals surface area contributed by atoms with E-state index in [1.165, 1.54) is 9.58 Å². The lowest BCUT2D eigenvalue weighted by Gasteiger charge is -2.27. The number of benzene rings is 4. The predicted octanol–water partition coefficient (Wildman–Crippen LogP) is 5.25. The molecule has 1 unspecified atom stereocenters. The van der Waals surface area contributed by atoms with Gasteiger partial charge in [-0.15, -0.1) is 5.10 Å². The Bertz CT molecular complexity index is 2180. The number of para-hydroxylation sites is 1. The van der Waals surface area contributed by atoms with Crippen molar-refractivity contribution in [3.8, 4) is 5.69 Å². The number of nitrogens with zero attached hydrogens (tertiary/aromatic N) is 6. The number of rotatable bonds is 10. The molecule has 0 bridgehead atoms. The minimum absolute atomic E-state index is 0.0819. The maximum atomic E-state index is 14.2. The second kappa shape index (κ2) is 12.8. The van der Waals surface area contributed by atoms with Crippen molar-refractivity contribution >= 4 is 28.1 Å². The normalized spacial score (nSPS) is 17.2. The van der Waals surface area contributed by atoms with Gasteiger partial charge in [-0.1, -0.05) is 91.0 Å². The van der Waals surface area contributed by atoms with Crippen LogP contribution in [0, 0.1) is 5.92 Å². The smallest absolute Gasteiger partial charge is 0.279 e. The van der Waals surface area contributed by atoms with E-state index in [2.05, 4.69) is 15.4 Å². The van der Waals surface area contributed by atoms with E-state index in [1.807, 2.05) is 91.1 Å². The summed E-state index contributed by atoms with van der Waals surface area (Å²) in [5, 5.41) is 36.5. The van der Waals surface area contributed by atoms with Crippen LogP contribution < -0.4 is 10.5 Å². The molecule has 0 saturated heterocycles. The summed E-state index contributed by atoms with van der Waals surface area (Å²) < 4.78 is 3.02. The first-order valence-corrected chi connectivity index (χ1v) is 15.9. The number of fused-ring (bicyclic) bond motifs is 2. The van der Waals surface area contributed by atoms with Crippen LogP contribution in [0.1, 0.15) is 36.1 Å². The third-order valence-corrected chi connectivity index (χ3v) is 9.02. The number of hydrogen-bond donors (Lipinski definition) is 2.